The molecule has 4 N–H and O–H groups in total. The van der Waals surface area contributed by atoms with Crippen LogP contribution in [0.2, 0.25) is 5.02 Å². The number of benzene rings is 1. The number of hydrazine groups is 1. The number of nitrogens with two attached hydrogens (primary N) is 1. The van der Waals surface area contributed by atoms with Gasteiger partial charge in [-0.25, -0.2) is 10.2 Å². The molecule has 0 aliphatic rings. The molecule has 0 atom stereocenters. The van der Waals surface area contributed by atoms with Gasteiger partial charge in [0.05, 0.1) is 5.69 Å². The molecule has 0 unspecified atom stereocenters. The van der Waals surface area contributed by atoms with Crippen molar-refractivity contribution in [2.75, 3.05) is 10.7 Å². The molecule has 0 radical (unpaired) electrons. The predicted molar refractivity (Wildman–Crippen MR) is 69.2 cm³/mol. The molecule has 1 heterocycles. The minimum absolute atomic E-state index is 0.0113. The van der Waals surface area contributed by atoms with Gasteiger partial charge in [-0.3, -0.25) is 4.79 Å². The van der Waals surface area contributed by atoms with Gasteiger partial charge in [0, 0.05) is 5.02 Å². The highest BCUT2D eigenvalue weighted by atomic mass is 35.5. The van der Waals surface area contributed by atoms with Gasteiger partial charge in [0.25, 0.3) is 5.91 Å². The van der Waals surface area contributed by atoms with Crippen molar-refractivity contribution in [2.24, 2.45) is 5.84 Å². The van der Waals surface area contributed by atoms with Crippen LogP contribution in [0.5, 0.6) is 0 Å². The Hall–Kier alpha value is -2.25. The normalized spacial score (nSPS) is 10.1. The maximum atomic E-state index is 13.5. The summed E-state index contributed by atoms with van der Waals surface area (Å²) in [6.07, 6.45) is 0. The topological polar surface area (TPSA) is 92.9 Å². The van der Waals surface area contributed by atoms with Gasteiger partial charge in [0.1, 0.15) is 5.82 Å². The third-order valence-corrected chi connectivity index (χ3v) is 2.46. The summed E-state index contributed by atoms with van der Waals surface area (Å²) in [6, 6.07) is 6.81. The van der Waals surface area contributed by atoms with E-state index in [2.05, 4.69) is 20.9 Å². The minimum atomic E-state index is -0.631. The highest BCUT2D eigenvalue weighted by Gasteiger charge is 2.11. The smallest absolute Gasteiger partial charge is 0.276 e. The number of aromatic nitrogens is 2. The molecule has 1 amide bonds. The van der Waals surface area contributed by atoms with Crippen LogP contribution in [0.4, 0.5) is 15.9 Å². The standard InChI is InChI=1S/C11H9ClFN5O/c12-6-1-2-8(7(13)5-6)15-11(19)9-3-4-10(16-14)18-17-9/h1-5H,14H2,(H,15,19)(H,16,18). The average molecular weight is 282 g/mol. The van der Waals surface area contributed by atoms with E-state index in [0.29, 0.717) is 5.82 Å². The number of carbonyl (C=O) groups is 1. The summed E-state index contributed by atoms with van der Waals surface area (Å²) in [5.41, 5.74) is 2.32. The SMILES string of the molecule is NNc1ccc(C(=O)Nc2ccc(Cl)cc2F)nn1. The molecule has 0 aliphatic heterocycles. The lowest BCUT2D eigenvalue weighted by atomic mass is 10.3. The van der Waals surface area contributed by atoms with Crippen molar-refractivity contribution < 1.29 is 9.18 Å². The van der Waals surface area contributed by atoms with Gasteiger partial charge in [-0.1, -0.05) is 11.6 Å². The first-order valence-corrected chi connectivity index (χ1v) is 5.54. The molecule has 98 valence electrons. The molecule has 0 saturated carbocycles. The van der Waals surface area contributed by atoms with Crippen molar-refractivity contribution in [1.82, 2.24) is 10.2 Å². The number of carbonyl (C=O) groups excluding carboxylic acids is 1. The number of nitrogens with one attached hydrogen (secondary N) is 2. The van der Waals surface area contributed by atoms with Crippen LogP contribution in [0.15, 0.2) is 30.3 Å². The molecule has 2 aromatic rings. The van der Waals surface area contributed by atoms with E-state index in [1.807, 2.05) is 0 Å². The highest BCUT2D eigenvalue weighted by Crippen LogP contribution is 2.19. The second-order valence-corrected chi connectivity index (χ2v) is 3.96. The zero-order chi connectivity index (χ0) is 13.8. The Balaban J connectivity index is 2.15. The molecule has 0 bridgehead atoms. The summed E-state index contributed by atoms with van der Waals surface area (Å²) in [4.78, 5) is 11.8. The monoisotopic (exact) mass is 281 g/mol. The maximum absolute atomic E-state index is 13.5. The van der Waals surface area contributed by atoms with Crippen molar-refractivity contribution in [2.45, 2.75) is 0 Å². The predicted octanol–water partition coefficient (Wildman–Crippen LogP) is 1.81. The Morgan fingerprint density at radius 3 is 2.63 bits per heavy atom. The Morgan fingerprint density at radius 2 is 2.05 bits per heavy atom. The van der Waals surface area contributed by atoms with Crippen molar-refractivity contribution in [3.8, 4) is 0 Å². The lowest BCUT2D eigenvalue weighted by Crippen LogP contribution is -2.16. The van der Waals surface area contributed by atoms with E-state index in [1.54, 1.807) is 0 Å². The van der Waals surface area contributed by atoms with Gasteiger partial charge in [-0.05, 0) is 30.3 Å². The Labute approximate surface area is 112 Å². The molecule has 2 rings (SSSR count). The van der Waals surface area contributed by atoms with Crippen molar-refractivity contribution in [1.29, 1.82) is 0 Å². The summed E-state index contributed by atoms with van der Waals surface area (Å²) in [6.45, 7) is 0. The minimum Gasteiger partial charge on any atom is -0.318 e. The number of nitrogens with zero attached hydrogens (tertiary/aromatic N) is 2. The largest absolute Gasteiger partial charge is 0.318 e. The molecular weight excluding hydrogens is 273 g/mol. The summed E-state index contributed by atoms with van der Waals surface area (Å²) in [7, 11) is 0. The average Bonchev–Trinajstić information content (AvgIpc) is 2.42. The Morgan fingerprint density at radius 1 is 1.26 bits per heavy atom. The van der Waals surface area contributed by atoms with Gasteiger partial charge >= 0.3 is 0 Å². The first-order chi connectivity index (χ1) is 9.10. The van der Waals surface area contributed by atoms with E-state index in [9.17, 15) is 9.18 Å². The number of hydrogen-bond acceptors (Lipinski definition) is 5. The molecule has 1 aromatic heterocycles. The van der Waals surface area contributed by atoms with E-state index in [-0.39, 0.29) is 16.4 Å². The van der Waals surface area contributed by atoms with E-state index >= 15 is 0 Å². The summed E-state index contributed by atoms with van der Waals surface area (Å²) in [5.74, 6) is 4.22. The zero-order valence-electron chi connectivity index (χ0n) is 9.52. The number of hydrogen-bond donors (Lipinski definition) is 3. The van der Waals surface area contributed by atoms with E-state index < -0.39 is 11.7 Å². The van der Waals surface area contributed by atoms with Crippen LogP contribution in [0.3, 0.4) is 0 Å². The van der Waals surface area contributed by atoms with Gasteiger partial charge < -0.3 is 10.7 Å². The molecule has 8 heteroatoms. The van der Waals surface area contributed by atoms with Crippen LogP contribution in [0.1, 0.15) is 10.5 Å². The fourth-order valence-corrected chi connectivity index (χ4v) is 1.47. The fourth-order valence-electron chi connectivity index (χ4n) is 1.31. The molecule has 6 nitrogen and oxygen atoms in total. The molecule has 0 aliphatic carbocycles. The van der Waals surface area contributed by atoms with Crippen LogP contribution in [0, 0.1) is 5.82 Å². The lowest BCUT2D eigenvalue weighted by molar-refractivity contribution is 0.102. The third-order valence-electron chi connectivity index (χ3n) is 2.22. The third kappa shape index (κ3) is 3.15. The van der Waals surface area contributed by atoms with Crippen molar-refractivity contribution in [3.63, 3.8) is 0 Å². The van der Waals surface area contributed by atoms with Crippen LogP contribution in [-0.4, -0.2) is 16.1 Å². The number of amides is 1. The van der Waals surface area contributed by atoms with Crippen LogP contribution < -0.4 is 16.6 Å². The Bertz CT molecular complexity index is 605. The second kappa shape index (κ2) is 5.59. The van der Waals surface area contributed by atoms with Crippen LogP contribution >= 0.6 is 11.6 Å². The number of nitrogen functional groups attached to an aromatic ring is 1. The molecule has 1 aromatic carbocycles. The van der Waals surface area contributed by atoms with Crippen LogP contribution in [0.25, 0.3) is 0 Å². The van der Waals surface area contributed by atoms with Gasteiger partial charge in [0.2, 0.25) is 0 Å². The summed E-state index contributed by atoms with van der Waals surface area (Å²) in [5, 5.41) is 9.88. The number of rotatable bonds is 3. The van der Waals surface area contributed by atoms with Gasteiger partial charge in [-0.2, -0.15) is 0 Å². The first-order valence-electron chi connectivity index (χ1n) is 5.17. The molecule has 0 fully saturated rings. The molecule has 0 spiro atoms. The van der Waals surface area contributed by atoms with Gasteiger partial charge in [-0.15, -0.1) is 10.2 Å². The van der Waals surface area contributed by atoms with E-state index in [1.165, 1.54) is 24.3 Å². The summed E-state index contributed by atoms with van der Waals surface area (Å²) < 4.78 is 13.5. The molecule has 19 heavy (non-hydrogen) atoms. The van der Waals surface area contributed by atoms with Crippen molar-refractivity contribution >= 4 is 29.0 Å². The quantitative estimate of drug-likeness (QED) is 0.589. The van der Waals surface area contributed by atoms with Crippen LogP contribution in [-0.2, 0) is 0 Å². The van der Waals surface area contributed by atoms with Crippen molar-refractivity contribution in [3.05, 3.63) is 46.9 Å². The molecule has 0 saturated heterocycles. The van der Waals surface area contributed by atoms with Gasteiger partial charge in [0.15, 0.2) is 11.5 Å². The fraction of sp³-hybridized carbons (Fsp3) is 0. The zero-order valence-corrected chi connectivity index (χ0v) is 10.3. The number of halogens is 2. The maximum Gasteiger partial charge on any atom is 0.276 e. The summed E-state index contributed by atoms with van der Waals surface area (Å²) >= 11 is 5.61. The Kier molecular flexibility index (Phi) is 3.88. The lowest BCUT2D eigenvalue weighted by Gasteiger charge is -2.06. The number of anilines is 2. The molecular formula is C11H9ClFN5O. The van der Waals surface area contributed by atoms with E-state index in [0.717, 1.165) is 6.07 Å². The highest BCUT2D eigenvalue weighted by molar-refractivity contribution is 6.30. The first kappa shape index (κ1) is 13.2. The second-order valence-electron chi connectivity index (χ2n) is 3.53. The van der Waals surface area contributed by atoms with E-state index in [4.69, 9.17) is 17.4 Å².